The fraction of sp³-hybridized carbons (Fsp3) is 0.0526. The molecule has 0 unspecified atom stereocenters. The normalized spacial score (nSPS) is 15.7. The Morgan fingerprint density at radius 1 is 0.762 bits per heavy atom. The summed E-state index contributed by atoms with van der Waals surface area (Å²) in [6.07, 6.45) is 4.94. The summed E-state index contributed by atoms with van der Waals surface area (Å²) in [5.74, 6) is -0.225. The molecule has 0 heterocycles. The first-order chi connectivity index (χ1) is 10.2. The van der Waals surface area contributed by atoms with Gasteiger partial charge in [-0.1, -0.05) is 42.5 Å². The van der Waals surface area contributed by atoms with Crippen molar-refractivity contribution in [1.29, 1.82) is 0 Å². The van der Waals surface area contributed by atoms with E-state index < -0.39 is 0 Å². The van der Waals surface area contributed by atoms with Gasteiger partial charge in [0.05, 0.1) is 0 Å². The van der Waals surface area contributed by atoms with Gasteiger partial charge in [-0.15, -0.1) is 0 Å². The third-order valence-electron chi connectivity index (χ3n) is 4.09. The summed E-state index contributed by atoms with van der Waals surface area (Å²) >= 11 is 0. The molecule has 2 nitrogen and oxygen atoms in total. The van der Waals surface area contributed by atoms with Crippen LogP contribution in [0.25, 0.3) is 16.7 Å². The summed E-state index contributed by atoms with van der Waals surface area (Å²) in [5, 5.41) is 0. The number of ketones is 2. The summed E-state index contributed by atoms with van der Waals surface area (Å²) in [6, 6.07) is 14.2. The van der Waals surface area contributed by atoms with Gasteiger partial charge in [-0.3, -0.25) is 9.59 Å². The smallest absolute Gasteiger partial charge is 0.186 e. The molecular weight excluding hydrogens is 260 g/mol. The molecule has 21 heavy (non-hydrogen) atoms. The number of rotatable bonds is 1. The maximum Gasteiger partial charge on any atom is 0.186 e. The second kappa shape index (κ2) is 4.38. The van der Waals surface area contributed by atoms with Crippen molar-refractivity contribution < 1.29 is 9.59 Å². The standard InChI is InChI=1S/C19H12O2/c20-13-8-9-19(21)18(11-13)16-7-3-6-15-14-5-2-1-4-12(14)10-17(15)16/h1-9,11H,10H2. The number of allylic oxidation sites excluding steroid dienone is 4. The van der Waals surface area contributed by atoms with Gasteiger partial charge in [0, 0.05) is 5.57 Å². The Balaban J connectivity index is 1.91. The zero-order valence-electron chi connectivity index (χ0n) is 11.3. The van der Waals surface area contributed by atoms with Crippen LogP contribution in [-0.4, -0.2) is 11.6 Å². The fourth-order valence-corrected chi connectivity index (χ4v) is 3.13. The summed E-state index contributed by atoms with van der Waals surface area (Å²) in [7, 11) is 0. The van der Waals surface area contributed by atoms with E-state index in [1.165, 1.54) is 34.9 Å². The van der Waals surface area contributed by atoms with E-state index in [4.69, 9.17) is 0 Å². The van der Waals surface area contributed by atoms with Gasteiger partial charge in [0.15, 0.2) is 11.6 Å². The molecule has 0 fully saturated rings. The van der Waals surface area contributed by atoms with E-state index in [2.05, 4.69) is 18.2 Å². The monoisotopic (exact) mass is 272 g/mol. The van der Waals surface area contributed by atoms with Gasteiger partial charge in [0.2, 0.25) is 0 Å². The first kappa shape index (κ1) is 12.0. The Hall–Kier alpha value is -2.74. The molecule has 0 bridgehead atoms. The molecule has 0 saturated carbocycles. The van der Waals surface area contributed by atoms with Crippen molar-refractivity contribution in [2.45, 2.75) is 6.42 Å². The fourth-order valence-electron chi connectivity index (χ4n) is 3.13. The van der Waals surface area contributed by atoms with Crippen LogP contribution in [0.1, 0.15) is 16.7 Å². The van der Waals surface area contributed by atoms with Gasteiger partial charge >= 0.3 is 0 Å². The number of hydrogen-bond donors (Lipinski definition) is 0. The molecule has 2 aliphatic carbocycles. The average molecular weight is 272 g/mol. The van der Waals surface area contributed by atoms with Crippen molar-refractivity contribution >= 4 is 17.1 Å². The molecule has 0 saturated heterocycles. The lowest BCUT2D eigenvalue weighted by Crippen LogP contribution is -2.08. The van der Waals surface area contributed by atoms with Crippen LogP contribution in [0.2, 0.25) is 0 Å². The molecule has 2 aromatic rings. The molecule has 2 aromatic carbocycles. The van der Waals surface area contributed by atoms with E-state index in [1.807, 2.05) is 24.3 Å². The van der Waals surface area contributed by atoms with Crippen LogP contribution in [0, 0.1) is 0 Å². The third-order valence-corrected chi connectivity index (χ3v) is 4.09. The zero-order valence-corrected chi connectivity index (χ0v) is 11.3. The molecule has 0 N–H and O–H groups in total. The van der Waals surface area contributed by atoms with Gasteiger partial charge in [-0.25, -0.2) is 0 Å². The van der Waals surface area contributed by atoms with Crippen molar-refractivity contribution in [2.24, 2.45) is 0 Å². The van der Waals surface area contributed by atoms with Crippen LogP contribution >= 0.6 is 0 Å². The van der Waals surface area contributed by atoms with E-state index >= 15 is 0 Å². The minimum absolute atomic E-state index is 0.0982. The number of carbonyl (C=O) groups is 2. The number of hydrogen-bond acceptors (Lipinski definition) is 2. The lowest BCUT2D eigenvalue weighted by Gasteiger charge is -2.12. The highest BCUT2D eigenvalue weighted by Gasteiger charge is 2.24. The highest BCUT2D eigenvalue weighted by molar-refractivity contribution is 6.34. The predicted octanol–water partition coefficient (Wildman–Crippen LogP) is 3.35. The number of fused-ring (bicyclic) bond motifs is 3. The predicted molar refractivity (Wildman–Crippen MR) is 81.8 cm³/mol. The van der Waals surface area contributed by atoms with E-state index in [-0.39, 0.29) is 11.6 Å². The lowest BCUT2D eigenvalue weighted by atomic mass is 9.90. The van der Waals surface area contributed by atoms with Crippen molar-refractivity contribution in [3.05, 3.63) is 77.4 Å². The van der Waals surface area contributed by atoms with E-state index in [1.54, 1.807) is 0 Å². The minimum atomic E-state index is -0.127. The Morgan fingerprint density at radius 3 is 2.43 bits per heavy atom. The third kappa shape index (κ3) is 1.80. The van der Waals surface area contributed by atoms with Crippen LogP contribution in [0.3, 0.4) is 0 Å². The molecule has 0 aromatic heterocycles. The second-order valence-corrected chi connectivity index (χ2v) is 5.32. The topological polar surface area (TPSA) is 34.1 Å². The van der Waals surface area contributed by atoms with Crippen LogP contribution < -0.4 is 0 Å². The Labute approximate surface area is 122 Å². The molecule has 0 atom stereocenters. The number of carbonyl (C=O) groups excluding carboxylic acids is 2. The summed E-state index contributed by atoms with van der Waals surface area (Å²) in [4.78, 5) is 23.7. The molecule has 100 valence electrons. The van der Waals surface area contributed by atoms with Crippen LogP contribution in [-0.2, 0) is 16.0 Å². The molecule has 0 aliphatic heterocycles. The molecule has 0 spiro atoms. The van der Waals surface area contributed by atoms with Gasteiger partial charge in [0.25, 0.3) is 0 Å². The second-order valence-electron chi connectivity index (χ2n) is 5.32. The molecule has 4 rings (SSSR count). The van der Waals surface area contributed by atoms with E-state index in [0.29, 0.717) is 5.57 Å². The number of benzene rings is 2. The Bertz CT molecular complexity index is 854. The summed E-state index contributed by atoms with van der Waals surface area (Å²) in [5.41, 5.74) is 6.18. The molecule has 0 radical (unpaired) electrons. The maximum atomic E-state index is 12.1. The van der Waals surface area contributed by atoms with Crippen LogP contribution in [0.5, 0.6) is 0 Å². The molecule has 2 aliphatic rings. The van der Waals surface area contributed by atoms with Crippen LogP contribution in [0.4, 0.5) is 0 Å². The molecule has 0 amide bonds. The SMILES string of the molecule is O=C1C=CC(=O)C(c2cccc3c2Cc2ccccc2-3)=C1. The van der Waals surface area contributed by atoms with Crippen LogP contribution in [0.15, 0.2) is 60.7 Å². The van der Waals surface area contributed by atoms with E-state index in [9.17, 15) is 9.59 Å². The first-order valence-corrected chi connectivity index (χ1v) is 6.92. The van der Waals surface area contributed by atoms with Crippen molar-refractivity contribution in [3.8, 4) is 11.1 Å². The van der Waals surface area contributed by atoms with Gasteiger partial charge in [-0.2, -0.15) is 0 Å². The highest BCUT2D eigenvalue weighted by atomic mass is 16.1. The molecular formula is C19H12O2. The Morgan fingerprint density at radius 2 is 1.52 bits per heavy atom. The minimum Gasteiger partial charge on any atom is -0.290 e. The van der Waals surface area contributed by atoms with Gasteiger partial charge in [-0.05, 0) is 52.5 Å². The molecule has 2 heteroatoms. The summed E-state index contributed by atoms with van der Waals surface area (Å²) < 4.78 is 0. The summed E-state index contributed by atoms with van der Waals surface area (Å²) in [6.45, 7) is 0. The van der Waals surface area contributed by atoms with Gasteiger partial charge < -0.3 is 0 Å². The Kier molecular flexibility index (Phi) is 2.51. The van der Waals surface area contributed by atoms with E-state index in [0.717, 1.165) is 17.5 Å². The van der Waals surface area contributed by atoms with Gasteiger partial charge in [0.1, 0.15) is 0 Å². The first-order valence-electron chi connectivity index (χ1n) is 6.92. The zero-order chi connectivity index (χ0) is 14.4. The van der Waals surface area contributed by atoms with Crippen molar-refractivity contribution in [1.82, 2.24) is 0 Å². The average Bonchev–Trinajstić information content (AvgIpc) is 2.88. The lowest BCUT2D eigenvalue weighted by molar-refractivity contribution is -0.113. The quantitative estimate of drug-likeness (QED) is 0.637. The largest absolute Gasteiger partial charge is 0.290 e. The highest BCUT2D eigenvalue weighted by Crippen LogP contribution is 2.40. The maximum absolute atomic E-state index is 12.1. The van der Waals surface area contributed by atoms with Crippen molar-refractivity contribution in [2.75, 3.05) is 0 Å². The van der Waals surface area contributed by atoms with Crippen molar-refractivity contribution in [3.63, 3.8) is 0 Å².